The van der Waals surface area contributed by atoms with Crippen molar-refractivity contribution in [3.05, 3.63) is 29.6 Å². The lowest BCUT2D eigenvalue weighted by Gasteiger charge is -2.24. The molecule has 1 amide bonds. The van der Waals surface area contributed by atoms with Gasteiger partial charge < -0.3 is 11.1 Å². The van der Waals surface area contributed by atoms with Crippen molar-refractivity contribution in [2.75, 3.05) is 13.1 Å². The number of nitrogens with two attached hydrogens (primary N) is 1. The van der Waals surface area contributed by atoms with Crippen LogP contribution in [0.25, 0.3) is 0 Å². The zero-order valence-electron chi connectivity index (χ0n) is 11.5. The van der Waals surface area contributed by atoms with Crippen LogP contribution in [0.2, 0.25) is 0 Å². The maximum atomic E-state index is 12.0. The molecular formula is C14H23N3O. The molecule has 3 N–H and O–H groups in total. The van der Waals surface area contributed by atoms with Crippen LogP contribution in [0.1, 0.15) is 42.7 Å². The summed E-state index contributed by atoms with van der Waals surface area (Å²) in [5, 5.41) is 2.97. The first-order valence-corrected chi connectivity index (χ1v) is 6.35. The Labute approximate surface area is 109 Å². The molecule has 4 nitrogen and oxygen atoms in total. The second kappa shape index (κ2) is 6.50. The van der Waals surface area contributed by atoms with E-state index in [1.165, 1.54) is 0 Å². The van der Waals surface area contributed by atoms with Gasteiger partial charge in [-0.3, -0.25) is 9.78 Å². The Morgan fingerprint density at radius 1 is 1.50 bits per heavy atom. The number of nitrogens with one attached hydrogen (secondary N) is 1. The Morgan fingerprint density at radius 3 is 2.83 bits per heavy atom. The number of amides is 1. The highest BCUT2D eigenvalue weighted by Gasteiger charge is 2.18. The molecule has 0 atom stereocenters. The Morgan fingerprint density at radius 2 is 2.22 bits per heavy atom. The van der Waals surface area contributed by atoms with Gasteiger partial charge in [0.05, 0.1) is 0 Å². The normalized spacial score (nSPS) is 11.3. The van der Waals surface area contributed by atoms with Crippen molar-refractivity contribution in [3.63, 3.8) is 0 Å². The van der Waals surface area contributed by atoms with Gasteiger partial charge in [0.15, 0.2) is 0 Å². The van der Waals surface area contributed by atoms with Crippen LogP contribution in [0.4, 0.5) is 0 Å². The molecule has 1 aromatic rings. The summed E-state index contributed by atoms with van der Waals surface area (Å²) in [6, 6.07) is 3.53. The van der Waals surface area contributed by atoms with Crippen LogP contribution < -0.4 is 11.1 Å². The molecule has 0 radical (unpaired) electrons. The summed E-state index contributed by atoms with van der Waals surface area (Å²) in [6.07, 6.45) is 3.65. The van der Waals surface area contributed by atoms with Crippen LogP contribution in [0.3, 0.4) is 0 Å². The Kier molecular flexibility index (Phi) is 5.28. The first kappa shape index (κ1) is 14.6. The smallest absolute Gasteiger partial charge is 0.251 e. The van der Waals surface area contributed by atoms with E-state index in [2.05, 4.69) is 24.1 Å². The molecule has 0 bridgehead atoms. The topological polar surface area (TPSA) is 68.0 Å². The zero-order chi connectivity index (χ0) is 13.6. The van der Waals surface area contributed by atoms with Gasteiger partial charge in [-0.25, -0.2) is 0 Å². The summed E-state index contributed by atoms with van der Waals surface area (Å²) in [4.78, 5) is 16.0. The van der Waals surface area contributed by atoms with Crippen molar-refractivity contribution in [3.8, 4) is 0 Å². The predicted molar refractivity (Wildman–Crippen MR) is 73.4 cm³/mol. The zero-order valence-corrected chi connectivity index (χ0v) is 11.5. The molecule has 0 saturated heterocycles. The van der Waals surface area contributed by atoms with Gasteiger partial charge in [0.2, 0.25) is 0 Å². The molecule has 1 aromatic heterocycles. The third kappa shape index (κ3) is 4.84. The lowest BCUT2D eigenvalue weighted by Crippen LogP contribution is -2.34. The minimum atomic E-state index is -0.0404. The molecule has 0 unspecified atom stereocenters. The number of hydrogen-bond acceptors (Lipinski definition) is 3. The predicted octanol–water partition coefficient (Wildman–Crippen LogP) is 1.88. The number of aryl methyl sites for hydroxylation is 1. The lowest BCUT2D eigenvalue weighted by atomic mass is 9.87. The Balaban J connectivity index is 2.50. The van der Waals surface area contributed by atoms with Gasteiger partial charge in [0, 0.05) is 24.0 Å². The van der Waals surface area contributed by atoms with Crippen molar-refractivity contribution in [1.29, 1.82) is 0 Å². The van der Waals surface area contributed by atoms with Crippen molar-refractivity contribution in [1.82, 2.24) is 10.3 Å². The molecule has 1 heterocycles. The summed E-state index contributed by atoms with van der Waals surface area (Å²) < 4.78 is 0. The number of rotatable bonds is 6. The molecule has 0 aliphatic carbocycles. The van der Waals surface area contributed by atoms with Crippen LogP contribution in [-0.4, -0.2) is 24.0 Å². The van der Waals surface area contributed by atoms with E-state index in [0.29, 0.717) is 18.7 Å². The van der Waals surface area contributed by atoms with Crippen LogP contribution in [0.15, 0.2) is 18.3 Å². The SMILES string of the molecule is Cc1cc(C(=O)NCC(C)(C)CCCN)ccn1. The van der Waals surface area contributed by atoms with Crippen molar-refractivity contribution in [2.45, 2.75) is 33.6 Å². The van der Waals surface area contributed by atoms with Gasteiger partial charge in [-0.15, -0.1) is 0 Å². The maximum absolute atomic E-state index is 12.0. The fourth-order valence-corrected chi connectivity index (χ4v) is 1.78. The van der Waals surface area contributed by atoms with Crippen LogP contribution in [-0.2, 0) is 0 Å². The van der Waals surface area contributed by atoms with E-state index >= 15 is 0 Å². The van der Waals surface area contributed by atoms with Gasteiger partial charge in [-0.05, 0) is 43.9 Å². The molecule has 18 heavy (non-hydrogen) atoms. The van der Waals surface area contributed by atoms with Gasteiger partial charge in [-0.2, -0.15) is 0 Å². The summed E-state index contributed by atoms with van der Waals surface area (Å²) in [5.41, 5.74) is 7.10. The Bertz CT molecular complexity index is 402. The standard InChI is InChI=1S/C14H23N3O/c1-11-9-12(5-8-16-11)13(18)17-10-14(2,3)6-4-7-15/h5,8-9H,4,6-7,10,15H2,1-3H3,(H,17,18). The lowest BCUT2D eigenvalue weighted by molar-refractivity contribution is 0.0934. The van der Waals surface area contributed by atoms with E-state index < -0.39 is 0 Å². The van der Waals surface area contributed by atoms with Gasteiger partial charge in [0.25, 0.3) is 5.91 Å². The van der Waals surface area contributed by atoms with Crippen LogP contribution >= 0.6 is 0 Å². The average molecular weight is 249 g/mol. The molecular weight excluding hydrogens is 226 g/mol. The summed E-state index contributed by atoms with van der Waals surface area (Å²) >= 11 is 0. The minimum absolute atomic E-state index is 0.0404. The van der Waals surface area contributed by atoms with Gasteiger partial charge in [0.1, 0.15) is 0 Å². The third-order valence-electron chi connectivity index (χ3n) is 2.94. The quantitative estimate of drug-likeness (QED) is 0.809. The summed E-state index contributed by atoms with van der Waals surface area (Å²) in [6.45, 7) is 7.51. The number of hydrogen-bond donors (Lipinski definition) is 2. The van der Waals surface area contributed by atoms with Crippen LogP contribution in [0.5, 0.6) is 0 Å². The summed E-state index contributed by atoms with van der Waals surface area (Å²) in [7, 11) is 0. The molecule has 0 aliphatic heterocycles. The second-order valence-electron chi connectivity index (χ2n) is 5.43. The van der Waals surface area contributed by atoms with Crippen molar-refractivity contribution in [2.24, 2.45) is 11.1 Å². The number of pyridine rings is 1. The van der Waals surface area contributed by atoms with E-state index in [1.54, 1.807) is 18.3 Å². The van der Waals surface area contributed by atoms with Crippen molar-refractivity contribution < 1.29 is 4.79 Å². The van der Waals surface area contributed by atoms with Gasteiger partial charge >= 0.3 is 0 Å². The average Bonchev–Trinajstić information content (AvgIpc) is 2.34. The number of carbonyl (C=O) groups is 1. The fraction of sp³-hybridized carbons (Fsp3) is 0.571. The molecule has 100 valence electrons. The van der Waals surface area contributed by atoms with Crippen molar-refractivity contribution >= 4 is 5.91 Å². The van der Waals surface area contributed by atoms with Crippen LogP contribution in [0, 0.1) is 12.3 Å². The number of aromatic nitrogens is 1. The van der Waals surface area contributed by atoms with E-state index in [1.807, 2.05) is 6.92 Å². The van der Waals surface area contributed by atoms with Gasteiger partial charge in [-0.1, -0.05) is 13.8 Å². The second-order valence-corrected chi connectivity index (χ2v) is 5.43. The molecule has 4 heteroatoms. The largest absolute Gasteiger partial charge is 0.352 e. The molecule has 0 fully saturated rings. The van der Waals surface area contributed by atoms with E-state index in [0.717, 1.165) is 18.5 Å². The first-order valence-electron chi connectivity index (χ1n) is 6.35. The molecule has 0 spiro atoms. The molecule has 0 aliphatic rings. The molecule has 0 saturated carbocycles. The highest BCUT2D eigenvalue weighted by atomic mass is 16.1. The third-order valence-corrected chi connectivity index (χ3v) is 2.94. The number of carbonyl (C=O) groups excluding carboxylic acids is 1. The molecule has 1 rings (SSSR count). The highest BCUT2D eigenvalue weighted by molar-refractivity contribution is 5.94. The minimum Gasteiger partial charge on any atom is -0.352 e. The van der Waals surface area contributed by atoms with E-state index in [4.69, 9.17) is 5.73 Å². The van der Waals surface area contributed by atoms with E-state index in [9.17, 15) is 4.79 Å². The summed E-state index contributed by atoms with van der Waals surface area (Å²) in [5.74, 6) is -0.0404. The monoisotopic (exact) mass is 249 g/mol. The van der Waals surface area contributed by atoms with E-state index in [-0.39, 0.29) is 11.3 Å². The highest BCUT2D eigenvalue weighted by Crippen LogP contribution is 2.20. The fourth-order valence-electron chi connectivity index (χ4n) is 1.78. The Hall–Kier alpha value is -1.42. The molecule has 0 aromatic carbocycles. The number of nitrogens with zero attached hydrogens (tertiary/aromatic N) is 1. The maximum Gasteiger partial charge on any atom is 0.251 e. The first-order chi connectivity index (χ1) is 8.44.